The van der Waals surface area contributed by atoms with E-state index in [0.717, 1.165) is 0 Å². The molecule has 0 saturated carbocycles. The summed E-state index contributed by atoms with van der Waals surface area (Å²) in [5, 5.41) is 9.10. The van der Waals surface area contributed by atoms with Gasteiger partial charge in [-0.05, 0) is 23.8 Å². The summed E-state index contributed by atoms with van der Waals surface area (Å²) >= 11 is 5.63. The Bertz CT molecular complexity index is 360. The van der Waals surface area contributed by atoms with Crippen LogP contribution >= 0.6 is 11.6 Å². The van der Waals surface area contributed by atoms with Crippen molar-refractivity contribution in [1.29, 1.82) is 0 Å². The number of hydrogen-bond donors (Lipinski definition) is 1. The first-order valence-corrected chi connectivity index (χ1v) is 4.46. The summed E-state index contributed by atoms with van der Waals surface area (Å²) in [4.78, 5) is 0. The van der Waals surface area contributed by atoms with Gasteiger partial charge in [0.15, 0.2) is 6.10 Å². The Morgan fingerprint density at radius 2 is 2.00 bits per heavy atom. The quantitative estimate of drug-likeness (QED) is 0.836. The van der Waals surface area contributed by atoms with Crippen LogP contribution in [0, 0.1) is 0 Å². The number of hydrogen-bond acceptors (Lipinski definition) is 1. The van der Waals surface area contributed by atoms with Crippen LogP contribution in [0.1, 0.15) is 5.56 Å². The van der Waals surface area contributed by atoms with Crippen LogP contribution in [-0.2, 0) is 0 Å². The molecular weight excluding hydrogens is 229 g/mol. The molecule has 15 heavy (non-hydrogen) atoms. The molecule has 1 rings (SSSR count). The first kappa shape index (κ1) is 12.1. The lowest BCUT2D eigenvalue weighted by molar-refractivity contribution is -0.187. The molecule has 1 nitrogen and oxygen atoms in total. The molecule has 0 bridgehead atoms. The molecule has 1 atom stereocenters. The summed E-state index contributed by atoms with van der Waals surface area (Å²) in [5.41, 5.74) is 0.505. The molecule has 0 aliphatic carbocycles. The minimum atomic E-state index is -4.63. The molecular formula is C10H8ClF3O. The molecule has 1 aromatic rings. The lowest BCUT2D eigenvalue weighted by Gasteiger charge is -2.09. The lowest BCUT2D eigenvalue weighted by Crippen LogP contribution is -2.25. The SMILES string of the molecule is OC(/C=C/c1cccc(Cl)c1)C(F)(F)F. The summed E-state index contributed by atoms with van der Waals surface area (Å²) in [6.07, 6.45) is -5.23. The van der Waals surface area contributed by atoms with Crippen LogP contribution in [-0.4, -0.2) is 17.4 Å². The van der Waals surface area contributed by atoms with Crippen molar-refractivity contribution in [1.82, 2.24) is 0 Å². The average Bonchev–Trinajstić information content (AvgIpc) is 2.12. The predicted octanol–water partition coefficient (Wildman–Crippen LogP) is 3.28. The van der Waals surface area contributed by atoms with Gasteiger partial charge in [0, 0.05) is 5.02 Å². The van der Waals surface area contributed by atoms with E-state index in [1.807, 2.05) is 0 Å². The van der Waals surface area contributed by atoms with E-state index in [1.165, 1.54) is 12.1 Å². The predicted molar refractivity (Wildman–Crippen MR) is 52.5 cm³/mol. The first-order chi connectivity index (χ1) is 6.89. The van der Waals surface area contributed by atoms with Crippen LogP contribution in [0.15, 0.2) is 30.3 Å². The van der Waals surface area contributed by atoms with Gasteiger partial charge in [-0.25, -0.2) is 0 Å². The summed E-state index contributed by atoms with van der Waals surface area (Å²) in [6, 6.07) is 6.31. The van der Waals surface area contributed by atoms with Crippen LogP contribution in [0.5, 0.6) is 0 Å². The zero-order valence-corrected chi connectivity index (χ0v) is 8.26. The third kappa shape index (κ3) is 3.93. The summed E-state index contributed by atoms with van der Waals surface area (Å²) in [6.45, 7) is 0. The molecule has 0 saturated heterocycles. The van der Waals surface area contributed by atoms with E-state index in [1.54, 1.807) is 18.2 Å². The van der Waals surface area contributed by atoms with Crippen LogP contribution in [0.4, 0.5) is 13.2 Å². The van der Waals surface area contributed by atoms with Crippen molar-refractivity contribution in [3.8, 4) is 0 Å². The zero-order chi connectivity index (χ0) is 11.5. The van der Waals surface area contributed by atoms with E-state index >= 15 is 0 Å². The van der Waals surface area contributed by atoms with E-state index in [2.05, 4.69) is 0 Å². The summed E-state index contributed by atoms with van der Waals surface area (Å²) in [5.74, 6) is 0. The van der Waals surface area contributed by atoms with Gasteiger partial charge >= 0.3 is 6.18 Å². The van der Waals surface area contributed by atoms with Gasteiger partial charge in [-0.15, -0.1) is 0 Å². The highest BCUT2D eigenvalue weighted by molar-refractivity contribution is 6.30. The van der Waals surface area contributed by atoms with Crippen LogP contribution in [0.25, 0.3) is 6.08 Å². The molecule has 0 spiro atoms. The highest BCUT2D eigenvalue weighted by Crippen LogP contribution is 2.21. The normalized spacial score (nSPS) is 14.5. The molecule has 0 aliphatic heterocycles. The van der Waals surface area contributed by atoms with E-state index < -0.39 is 12.3 Å². The number of aliphatic hydroxyl groups is 1. The second-order valence-electron chi connectivity index (χ2n) is 2.90. The van der Waals surface area contributed by atoms with Gasteiger partial charge in [-0.2, -0.15) is 13.2 Å². The van der Waals surface area contributed by atoms with Gasteiger partial charge < -0.3 is 5.11 Å². The van der Waals surface area contributed by atoms with Crippen molar-refractivity contribution in [2.24, 2.45) is 0 Å². The minimum absolute atomic E-state index is 0.429. The second-order valence-corrected chi connectivity index (χ2v) is 3.34. The Hall–Kier alpha value is -1.00. The van der Waals surface area contributed by atoms with Crippen molar-refractivity contribution < 1.29 is 18.3 Å². The van der Waals surface area contributed by atoms with Gasteiger partial charge in [0.2, 0.25) is 0 Å². The minimum Gasteiger partial charge on any atom is -0.380 e. The number of benzene rings is 1. The molecule has 1 N–H and O–H groups in total. The van der Waals surface area contributed by atoms with Crippen molar-refractivity contribution >= 4 is 17.7 Å². The van der Waals surface area contributed by atoms with Gasteiger partial charge in [0.05, 0.1) is 0 Å². The molecule has 0 radical (unpaired) electrons. The molecule has 1 unspecified atom stereocenters. The molecule has 0 amide bonds. The first-order valence-electron chi connectivity index (χ1n) is 4.08. The monoisotopic (exact) mass is 236 g/mol. The van der Waals surface area contributed by atoms with Crippen LogP contribution < -0.4 is 0 Å². The summed E-state index contributed by atoms with van der Waals surface area (Å²) < 4.78 is 35.7. The van der Waals surface area contributed by atoms with Crippen molar-refractivity contribution in [2.75, 3.05) is 0 Å². The smallest absolute Gasteiger partial charge is 0.380 e. The van der Waals surface area contributed by atoms with Gasteiger partial charge in [-0.3, -0.25) is 0 Å². The number of alkyl halides is 3. The lowest BCUT2D eigenvalue weighted by atomic mass is 10.2. The molecule has 0 fully saturated rings. The number of aliphatic hydroxyl groups excluding tert-OH is 1. The van der Waals surface area contributed by atoms with E-state index in [0.29, 0.717) is 16.7 Å². The molecule has 5 heteroatoms. The second kappa shape index (κ2) is 4.68. The van der Waals surface area contributed by atoms with Gasteiger partial charge in [0.1, 0.15) is 0 Å². The largest absolute Gasteiger partial charge is 0.417 e. The standard InChI is InChI=1S/C10H8ClF3O/c11-8-3-1-2-7(6-8)4-5-9(15)10(12,13)14/h1-6,9,15H/b5-4+. The number of rotatable bonds is 2. The fourth-order valence-electron chi connectivity index (χ4n) is 0.922. The molecule has 0 aliphatic rings. The Morgan fingerprint density at radius 1 is 1.33 bits per heavy atom. The van der Waals surface area contributed by atoms with Crippen LogP contribution in [0.3, 0.4) is 0 Å². The maximum atomic E-state index is 11.9. The maximum absolute atomic E-state index is 11.9. The van der Waals surface area contributed by atoms with Crippen molar-refractivity contribution in [3.05, 3.63) is 40.9 Å². The number of halogens is 4. The molecule has 82 valence electrons. The molecule has 1 aromatic carbocycles. The fourth-order valence-corrected chi connectivity index (χ4v) is 1.12. The fraction of sp³-hybridized carbons (Fsp3) is 0.200. The van der Waals surface area contributed by atoms with Crippen LogP contribution in [0.2, 0.25) is 5.02 Å². The molecule has 0 aromatic heterocycles. The van der Waals surface area contributed by atoms with Gasteiger partial charge in [-0.1, -0.05) is 29.8 Å². The highest BCUT2D eigenvalue weighted by atomic mass is 35.5. The molecule has 0 heterocycles. The Balaban J connectivity index is 2.74. The maximum Gasteiger partial charge on any atom is 0.417 e. The Morgan fingerprint density at radius 3 is 2.53 bits per heavy atom. The topological polar surface area (TPSA) is 20.2 Å². The zero-order valence-electron chi connectivity index (χ0n) is 7.50. The average molecular weight is 237 g/mol. The van der Waals surface area contributed by atoms with E-state index in [-0.39, 0.29) is 0 Å². The third-order valence-electron chi connectivity index (χ3n) is 1.66. The Kier molecular flexibility index (Phi) is 3.77. The van der Waals surface area contributed by atoms with Crippen molar-refractivity contribution in [3.63, 3.8) is 0 Å². The van der Waals surface area contributed by atoms with E-state index in [9.17, 15) is 13.2 Å². The summed E-state index contributed by atoms with van der Waals surface area (Å²) in [7, 11) is 0. The third-order valence-corrected chi connectivity index (χ3v) is 1.89. The van der Waals surface area contributed by atoms with Gasteiger partial charge in [0.25, 0.3) is 0 Å². The Labute approximate surface area is 89.8 Å². The van der Waals surface area contributed by atoms with Crippen molar-refractivity contribution in [2.45, 2.75) is 12.3 Å². The highest BCUT2D eigenvalue weighted by Gasteiger charge is 2.35. The van der Waals surface area contributed by atoms with E-state index in [4.69, 9.17) is 16.7 Å².